The van der Waals surface area contributed by atoms with Crippen LogP contribution in [0.2, 0.25) is 0 Å². The quantitative estimate of drug-likeness (QED) is 0.300. The number of aryl methyl sites for hydroxylation is 2. The number of aliphatic hydroxyl groups is 1. The summed E-state index contributed by atoms with van der Waals surface area (Å²) in [6.45, 7) is 5.51. The van der Waals surface area contributed by atoms with E-state index in [0.29, 0.717) is 11.8 Å². The van der Waals surface area contributed by atoms with Crippen molar-refractivity contribution < 1.29 is 9.84 Å². The van der Waals surface area contributed by atoms with Gasteiger partial charge in [-0.15, -0.1) is 5.10 Å². The first-order valence-corrected chi connectivity index (χ1v) is 14.1. The number of fused-ring (bicyclic) bond motifs is 3. The molecule has 1 N–H and O–H groups in total. The van der Waals surface area contributed by atoms with Crippen molar-refractivity contribution in [2.75, 3.05) is 13.2 Å². The minimum absolute atomic E-state index is 0.110. The summed E-state index contributed by atoms with van der Waals surface area (Å²) in [5, 5.41) is 21.2. The van der Waals surface area contributed by atoms with Crippen molar-refractivity contribution in [3.05, 3.63) is 77.6 Å². The van der Waals surface area contributed by atoms with Crippen molar-refractivity contribution in [3.8, 4) is 11.3 Å². The fourth-order valence-corrected chi connectivity index (χ4v) is 6.70. The molecule has 0 radical (unpaired) electrons. The maximum Gasteiger partial charge on any atom is 0.0960 e. The average molecular weight is 522 g/mol. The Morgan fingerprint density at radius 1 is 1.00 bits per heavy atom. The van der Waals surface area contributed by atoms with E-state index in [-0.39, 0.29) is 6.04 Å². The molecular formula is C32H35N5O2. The fourth-order valence-electron chi connectivity index (χ4n) is 6.70. The molecule has 1 saturated heterocycles. The van der Waals surface area contributed by atoms with E-state index in [4.69, 9.17) is 9.72 Å². The molecule has 1 aliphatic carbocycles. The van der Waals surface area contributed by atoms with Gasteiger partial charge in [-0.25, -0.2) is 4.68 Å². The molecule has 7 heteroatoms. The number of hydrogen-bond acceptors (Lipinski definition) is 5. The lowest BCUT2D eigenvalue weighted by Gasteiger charge is -2.33. The van der Waals surface area contributed by atoms with E-state index in [1.54, 1.807) is 0 Å². The molecule has 200 valence electrons. The maximum atomic E-state index is 11.5. The average Bonchev–Trinajstić information content (AvgIpc) is 3.71. The Bertz CT molecular complexity index is 1640. The predicted molar refractivity (Wildman–Crippen MR) is 152 cm³/mol. The number of nitrogens with zero attached hydrogens (tertiary/aromatic N) is 5. The third-order valence-corrected chi connectivity index (χ3v) is 9.00. The summed E-state index contributed by atoms with van der Waals surface area (Å²) >= 11 is 0. The van der Waals surface area contributed by atoms with Crippen molar-refractivity contribution in [2.24, 2.45) is 18.9 Å². The SMILES string of the molecule is Cc1nnn(C)c1-c1cnc2c3ccc([C@](C)(O)C4CC4)cc3n([C@H](c3ccccc3)C3CCOCC3)c2c1. The van der Waals surface area contributed by atoms with Crippen LogP contribution >= 0.6 is 0 Å². The second kappa shape index (κ2) is 9.28. The van der Waals surface area contributed by atoms with Crippen molar-refractivity contribution in [2.45, 2.75) is 51.2 Å². The van der Waals surface area contributed by atoms with E-state index in [0.717, 1.165) is 83.3 Å². The van der Waals surface area contributed by atoms with Gasteiger partial charge in [-0.3, -0.25) is 4.98 Å². The lowest BCUT2D eigenvalue weighted by Crippen LogP contribution is -2.27. The number of ether oxygens (including phenoxy) is 1. The van der Waals surface area contributed by atoms with Gasteiger partial charge in [0.25, 0.3) is 0 Å². The summed E-state index contributed by atoms with van der Waals surface area (Å²) < 4.78 is 10.1. The predicted octanol–water partition coefficient (Wildman–Crippen LogP) is 5.93. The highest BCUT2D eigenvalue weighted by molar-refractivity contribution is 6.07. The highest BCUT2D eigenvalue weighted by atomic mass is 16.5. The van der Waals surface area contributed by atoms with Gasteiger partial charge in [-0.2, -0.15) is 0 Å². The maximum absolute atomic E-state index is 11.5. The zero-order valence-electron chi connectivity index (χ0n) is 22.8. The standard InChI is InChI=1S/C32H35N5O2/c1-20-30(36(3)35-34-20)23-17-28-29(33-19-23)26-12-11-25(32(2,38)24-9-10-24)18-27(26)37(28)31(21-7-5-4-6-8-21)22-13-15-39-16-14-22/h4-8,11-12,17-19,22,24,31,38H,9-10,13-16H2,1-3H3/t31-,32-/m1/s1. The van der Waals surface area contributed by atoms with Gasteiger partial charge in [0.15, 0.2) is 0 Å². The van der Waals surface area contributed by atoms with Crippen LogP contribution in [-0.2, 0) is 17.4 Å². The largest absolute Gasteiger partial charge is 0.385 e. The Morgan fingerprint density at radius 2 is 1.77 bits per heavy atom. The summed E-state index contributed by atoms with van der Waals surface area (Å²) in [4.78, 5) is 5.05. The number of aromatic nitrogens is 5. The normalized spacial score (nSPS) is 19.0. The number of hydrogen-bond donors (Lipinski definition) is 1. The molecule has 0 unspecified atom stereocenters. The van der Waals surface area contributed by atoms with Gasteiger partial charge >= 0.3 is 0 Å². The van der Waals surface area contributed by atoms with E-state index in [9.17, 15) is 5.11 Å². The molecule has 39 heavy (non-hydrogen) atoms. The number of pyridine rings is 1. The second-order valence-corrected chi connectivity index (χ2v) is 11.6. The van der Waals surface area contributed by atoms with Gasteiger partial charge in [0.2, 0.25) is 0 Å². The highest BCUT2D eigenvalue weighted by Gasteiger charge is 2.41. The first kappa shape index (κ1) is 24.5. The summed E-state index contributed by atoms with van der Waals surface area (Å²) in [6, 6.07) is 19.7. The van der Waals surface area contributed by atoms with Crippen LogP contribution in [-0.4, -0.2) is 42.9 Å². The Labute approximate surface area is 228 Å². The molecule has 7 rings (SSSR count). The Balaban J connectivity index is 1.53. The Hall–Kier alpha value is -3.55. The van der Waals surface area contributed by atoms with E-state index < -0.39 is 5.60 Å². The van der Waals surface area contributed by atoms with Gasteiger partial charge in [0, 0.05) is 37.4 Å². The third kappa shape index (κ3) is 4.07. The Kier molecular flexibility index (Phi) is 5.83. The van der Waals surface area contributed by atoms with Crippen molar-refractivity contribution >= 4 is 21.9 Å². The monoisotopic (exact) mass is 521 g/mol. The van der Waals surface area contributed by atoms with E-state index in [2.05, 4.69) is 69.5 Å². The van der Waals surface area contributed by atoms with Gasteiger partial charge in [-0.1, -0.05) is 47.7 Å². The summed E-state index contributed by atoms with van der Waals surface area (Å²) in [5.74, 6) is 0.731. The van der Waals surface area contributed by atoms with Gasteiger partial charge in [0.05, 0.1) is 39.6 Å². The zero-order chi connectivity index (χ0) is 26.7. The molecule has 3 aromatic heterocycles. The molecule has 5 aromatic rings. The summed E-state index contributed by atoms with van der Waals surface area (Å²) in [5.41, 5.74) is 7.46. The lowest BCUT2D eigenvalue weighted by atomic mass is 9.86. The van der Waals surface area contributed by atoms with E-state index in [1.165, 1.54) is 5.56 Å². The molecular weight excluding hydrogens is 486 g/mol. The number of benzene rings is 2. The molecule has 0 amide bonds. The van der Waals surface area contributed by atoms with Crippen LogP contribution in [0, 0.1) is 18.8 Å². The minimum Gasteiger partial charge on any atom is -0.385 e. The van der Waals surface area contributed by atoms with Crippen LogP contribution in [0.15, 0.2) is 60.8 Å². The van der Waals surface area contributed by atoms with Crippen molar-refractivity contribution in [1.29, 1.82) is 0 Å². The van der Waals surface area contributed by atoms with Crippen LogP contribution < -0.4 is 0 Å². The van der Waals surface area contributed by atoms with Gasteiger partial charge < -0.3 is 14.4 Å². The molecule has 4 heterocycles. The first-order chi connectivity index (χ1) is 18.9. The summed E-state index contributed by atoms with van der Waals surface area (Å²) in [7, 11) is 1.93. The van der Waals surface area contributed by atoms with Crippen LogP contribution in [0.5, 0.6) is 0 Å². The molecule has 2 aromatic carbocycles. The van der Waals surface area contributed by atoms with Crippen LogP contribution in [0.3, 0.4) is 0 Å². The van der Waals surface area contributed by atoms with Gasteiger partial charge in [-0.05, 0) is 74.6 Å². The van der Waals surface area contributed by atoms with Crippen molar-refractivity contribution in [3.63, 3.8) is 0 Å². The zero-order valence-corrected chi connectivity index (χ0v) is 22.8. The lowest BCUT2D eigenvalue weighted by molar-refractivity contribution is 0.0332. The minimum atomic E-state index is -0.841. The molecule has 1 aliphatic heterocycles. The molecule has 0 bridgehead atoms. The molecule has 2 aliphatic rings. The smallest absolute Gasteiger partial charge is 0.0960 e. The van der Waals surface area contributed by atoms with Crippen molar-refractivity contribution in [1.82, 2.24) is 24.5 Å². The van der Waals surface area contributed by atoms with Crippen LogP contribution in [0.4, 0.5) is 0 Å². The topological polar surface area (TPSA) is 78.0 Å². The fraction of sp³-hybridized carbons (Fsp3) is 0.406. The summed E-state index contributed by atoms with van der Waals surface area (Å²) in [6.07, 6.45) is 6.09. The highest BCUT2D eigenvalue weighted by Crippen LogP contribution is 2.47. The van der Waals surface area contributed by atoms with Crippen LogP contribution in [0.1, 0.15) is 55.5 Å². The van der Waals surface area contributed by atoms with E-state index >= 15 is 0 Å². The first-order valence-electron chi connectivity index (χ1n) is 14.1. The Morgan fingerprint density at radius 3 is 2.46 bits per heavy atom. The second-order valence-electron chi connectivity index (χ2n) is 11.6. The molecule has 2 fully saturated rings. The molecule has 1 saturated carbocycles. The van der Waals surface area contributed by atoms with E-state index in [1.807, 2.05) is 31.8 Å². The molecule has 0 spiro atoms. The molecule has 7 nitrogen and oxygen atoms in total. The van der Waals surface area contributed by atoms with Crippen LogP contribution in [0.25, 0.3) is 33.2 Å². The third-order valence-electron chi connectivity index (χ3n) is 9.00. The molecule has 2 atom stereocenters. The van der Waals surface area contributed by atoms with Gasteiger partial charge in [0.1, 0.15) is 0 Å². The number of rotatable bonds is 6.